The Morgan fingerprint density at radius 3 is 1.36 bits per heavy atom. The molecule has 0 aromatic carbocycles. The van der Waals surface area contributed by atoms with Gasteiger partial charge >= 0.3 is 0 Å². The van der Waals surface area contributed by atoms with Crippen molar-refractivity contribution in [3.63, 3.8) is 0 Å². The molecule has 4 rings (SSSR count). The Balaban J connectivity index is 1.63. The molecule has 0 radical (unpaired) electrons. The number of carbonyl (C=O) groups is 2. The van der Waals surface area contributed by atoms with E-state index in [1.807, 2.05) is 0 Å². The molecule has 22 heavy (non-hydrogen) atoms. The van der Waals surface area contributed by atoms with Gasteiger partial charge in [0.15, 0.2) is 0 Å². The highest BCUT2D eigenvalue weighted by molar-refractivity contribution is 5.91. The van der Waals surface area contributed by atoms with Crippen molar-refractivity contribution in [3.05, 3.63) is 0 Å². The zero-order chi connectivity index (χ0) is 16.0. The van der Waals surface area contributed by atoms with Crippen molar-refractivity contribution in [1.82, 2.24) is 0 Å². The SMILES string of the molecule is CC1(C)C2CCC1(CCC13CCC(CC1=O)C3(C)C)C(=O)C2. The van der Waals surface area contributed by atoms with Crippen molar-refractivity contribution in [2.45, 2.75) is 79.1 Å². The van der Waals surface area contributed by atoms with Gasteiger partial charge in [0.2, 0.25) is 0 Å². The minimum Gasteiger partial charge on any atom is -0.299 e. The van der Waals surface area contributed by atoms with E-state index in [-0.39, 0.29) is 21.7 Å². The number of carbonyl (C=O) groups excluding carboxylic acids is 2. The Morgan fingerprint density at radius 2 is 1.14 bits per heavy atom. The molecule has 0 spiro atoms. The molecule has 0 aliphatic heterocycles. The third-order valence-electron chi connectivity index (χ3n) is 9.26. The van der Waals surface area contributed by atoms with E-state index in [0.29, 0.717) is 23.4 Å². The maximum Gasteiger partial charge on any atom is 0.139 e. The van der Waals surface area contributed by atoms with E-state index >= 15 is 0 Å². The Morgan fingerprint density at radius 1 is 0.773 bits per heavy atom. The van der Waals surface area contributed by atoms with Crippen LogP contribution in [0.1, 0.15) is 79.1 Å². The van der Waals surface area contributed by atoms with Gasteiger partial charge in [-0.05, 0) is 61.2 Å². The van der Waals surface area contributed by atoms with E-state index in [1.54, 1.807) is 0 Å². The molecule has 0 aromatic heterocycles. The second kappa shape index (κ2) is 4.05. The zero-order valence-electron chi connectivity index (χ0n) is 14.6. The molecule has 4 saturated carbocycles. The molecular formula is C20H30O2. The summed E-state index contributed by atoms with van der Waals surface area (Å²) >= 11 is 0. The van der Waals surface area contributed by atoms with Crippen LogP contribution in [0.25, 0.3) is 0 Å². The molecule has 4 bridgehead atoms. The highest BCUT2D eigenvalue weighted by atomic mass is 16.1. The Labute approximate surface area is 134 Å². The molecule has 2 nitrogen and oxygen atoms in total. The lowest BCUT2D eigenvalue weighted by atomic mass is 9.60. The van der Waals surface area contributed by atoms with E-state index in [9.17, 15) is 9.59 Å². The first kappa shape index (κ1) is 14.9. The van der Waals surface area contributed by atoms with Gasteiger partial charge in [0, 0.05) is 23.7 Å². The Kier molecular flexibility index (Phi) is 2.74. The smallest absolute Gasteiger partial charge is 0.139 e. The van der Waals surface area contributed by atoms with Gasteiger partial charge in [-0.25, -0.2) is 0 Å². The number of rotatable bonds is 3. The summed E-state index contributed by atoms with van der Waals surface area (Å²) in [6, 6.07) is 0. The molecule has 4 aliphatic rings. The molecule has 122 valence electrons. The lowest BCUT2D eigenvalue weighted by Crippen LogP contribution is -2.41. The van der Waals surface area contributed by atoms with Crippen LogP contribution >= 0.6 is 0 Å². The predicted octanol–water partition coefficient (Wildman–Crippen LogP) is 4.56. The van der Waals surface area contributed by atoms with E-state index in [4.69, 9.17) is 0 Å². The van der Waals surface area contributed by atoms with E-state index in [1.165, 1.54) is 12.8 Å². The van der Waals surface area contributed by atoms with Gasteiger partial charge in [-0.1, -0.05) is 27.7 Å². The number of Topliss-reactive ketones (excluding diaryl/α,β-unsaturated/α-hetero) is 2. The van der Waals surface area contributed by atoms with Crippen LogP contribution in [0.5, 0.6) is 0 Å². The number of hydrogen-bond donors (Lipinski definition) is 0. The summed E-state index contributed by atoms with van der Waals surface area (Å²) < 4.78 is 0. The standard InChI is InChI=1S/C20H30O2/c1-17(2)13-5-7-19(17,15(21)11-13)9-10-20-8-6-14(12-16(20)22)18(20,3)4/h13-14H,5-12H2,1-4H3. The predicted molar refractivity (Wildman–Crippen MR) is 86.4 cm³/mol. The average Bonchev–Trinajstić information content (AvgIpc) is 2.97. The summed E-state index contributed by atoms with van der Waals surface area (Å²) in [4.78, 5) is 25.5. The van der Waals surface area contributed by atoms with Gasteiger partial charge in [0.25, 0.3) is 0 Å². The fourth-order valence-electron chi connectivity index (χ4n) is 7.14. The van der Waals surface area contributed by atoms with Gasteiger partial charge < -0.3 is 0 Å². The molecule has 0 saturated heterocycles. The highest BCUT2D eigenvalue weighted by Gasteiger charge is 2.67. The molecule has 4 unspecified atom stereocenters. The van der Waals surface area contributed by atoms with Crippen LogP contribution < -0.4 is 0 Å². The highest BCUT2D eigenvalue weighted by Crippen LogP contribution is 2.70. The number of fused-ring (bicyclic) bond motifs is 4. The minimum atomic E-state index is -0.122. The number of hydrogen-bond acceptors (Lipinski definition) is 2. The quantitative estimate of drug-likeness (QED) is 0.766. The van der Waals surface area contributed by atoms with Crippen molar-refractivity contribution >= 4 is 11.6 Å². The van der Waals surface area contributed by atoms with Crippen molar-refractivity contribution in [2.24, 2.45) is 33.5 Å². The van der Waals surface area contributed by atoms with Gasteiger partial charge in [0.05, 0.1) is 0 Å². The molecule has 4 atom stereocenters. The molecule has 4 aliphatic carbocycles. The summed E-state index contributed by atoms with van der Waals surface area (Å²) in [5.74, 6) is 2.17. The van der Waals surface area contributed by atoms with Crippen molar-refractivity contribution < 1.29 is 9.59 Å². The van der Waals surface area contributed by atoms with Crippen LogP contribution in [0.3, 0.4) is 0 Å². The van der Waals surface area contributed by atoms with Gasteiger partial charge in [-0.3, -0.25) is 9.59 Å². The van der Waals surface area contributed by atoms with Crippen LogP contribution in [0.15, 0.2) is 0 Å². The van der Waals surface area contributed by atoms with Gasteiger partial charge in [0.1, 0.15) is 11.6 Å². The molecule has 2 heteroatoms. The summed E-state index contributed by atoms with van der Waals surface area (Å²) in [5.41, 5.74) is 0.0436. The van der Waals surface area contributed by atoms with Crippen molar-refractivity contribution in [1.29, 1.82) is 0 Å². The van der Waals surface area contributed by atoms with Crippen LogP contribution in [-0.2, 0) is 9.59 Å². The van der Waals surface area contributed by atoms with Crippen LogP contribution in [-0.4, -0.2) is 11.6 Å². The fraction of sp³-hybridized carbons (Fsp3) is 0.900. The molecule has 0 aromatic rings. The third-order valence-corrected chi connectivity index (χ3v) is 9.26. The second-order valence-corrected chi connectivity index (χ2v) is 9.83. The van der Waals surface area contributed by atoms with Gasteiger partial charge in [-0.15, -0.1) is 0 Å². The largest absolute Gasteiger partial charge is 0.299 e. The summed E-state index contributed by atoms with van der Waals surface area (Å²) in [5, 5.41) is 0. The first-order valence-corrected chi connectivity index (χ1v) is 9.24. The topological polar surface area (TPSA) is 34.1 Å². The number of ketones is 2. The summed E-state index contributed by atoms with van der Waals surface area (Å²) in [6.07, 6.45) is 8.06. The van der Waals surface area contributed by atoms with E-state index in [0.717, 1.165) is 38.5 Å². The maximum absolute atomic E-state index is 12.7. The second-order valence-electron chi connectivity index (χ2n) is 9.83. The molecule has 4 fully saturated rings. The normalized spacial score (nSPS) is 47.6. The molecule has 0 heterocycles. The Hall–Kier alpha value is -0.660. The minimum absolute atomic E-state index is 0.122. The zero-order valence-corrected chi connectivity index (χ0v) is 14.6. The molecule has 0 amide bonds. The van der Waals surface area contributed by atoms with Gasteiger partial charge in [-0.2, -0.15) is 0 Å². The molecule has 0 N–H and O–H groups in total. The first-order chi connectivity index (χ1) is 10.2. The molecular weight excluding hydrogens is 272 g/mol. The lowest BCUT2D eigenvalue weighted by molar-refractivity contribution is -0.135. The summed E-state index contributed by atoms with van der Waals surface area (Å²) in [6.45, 7) is 9.25. The third kappa shape index (κ3) is 1.39. The Bertz CT molecular complexity index is 508. The van der Waals surface area contributed by atoms with E-state index in [2.05, 4.69) is 27.7 Å². The van der Waals surface area contributed by atoms with Crippen molar-refractivity contribution in [2.75, 3.05) is 0 Å². The average molecular weight is 302 g/mol. The monoisotopic (exact) mass is 302 g/mol. The maximum atomic E-state index is 12.7. The van der Waals surface area contributed by atoms with Crippen molar-refractivity contribution in [3.8, 4) is 0 Å². The lowest BCUT2D eigenvalue weighted by Gasteiger charge is -2.42. The van der Waals surface area contributed by atoms with E-state index < -0.39 is 0 Å². The van der Waals surface area contributed by atoms with Crippen LogP contribution in [0, 0.1) is 33.5 Å². The van der Waals surface area contributed by atoms with Crippen LogP contribution in [0.4, 0.5) is 0 Å². The van der Waals surface area contributed by atoms with Crippen LogP contribution in [0.2, 0.25) is 0 Å². The first-order valence-electron chi connectivity index (χ1n) is 9.24. The summed E-state index contributed by atoms with van der Waals surface area (Å²) in [7, 11) is 0. The fourth-order valence-corrected chi connectivity index (χ4v) is 7.14.